The highest BCUT2D eigenvalue weighted by atomic mass is 16.7. The number of nitrogens with zero attached hydrogens (tertiary/aromatic N) is 2. The number of aliphatic imine (C=N–C) groups is 1. The van der Waals surface area contributed by atoms with Crippen LogP contribution in [0.15, 0.2) is 59.6 Å². The van der Waals surface area contributed by atoms with Gasteiger partial charge >= 0.3 is 0 Å². The highest BCUT2D eigenvalue weighted by molar-refractivity contribution is 5.79. The average Bonchev–Trinajstić information content (AvgIpc) is 3.04. The maximum atomic E-state index is 5.82. The van der Waals surface area contributed by atoms with Crippen LogP contribution in [-0.4, -0.2) is 30.6 Å². The molecule has 0 amide bonds. The molecule has 0 aliphatic carbocycles. The predicted octanol–water partition coefficient (Wildman–Crippen LogP) is 3.63. The average molecular weight is 309 g/mol. The van der Waals surface area contributed by atoms with Crippen LogP contribution in [0.3, 0.4) is 0 Å². The summed E-state index contributed by atoms with van der Waals surface area (Å²) in [5.41, 5.74) is 3.59. The summed E-state index contributed by atoms with van der Waals surface area (Å²) in [5, 5.41) is 5.18. The molecule has 1 aliphatic heterocycles. The van der Waals surface area contributed by atoms with Crippen LogP contribution in [0, 0.1) is 0 Å². The molecule has 0 radical (unpaired) electrons. The Morgan fingerprint density at radius 3 is 2.35 bits per heavy atom. The normalized spacial score (nSPS) is 17.8. The Morgan fingerprint density at radius 1 is 1.00 bits per heavy atom. The van der Waals surface area contributed by atoms with Crippen molar-refractivity contribution < 1.29 is 4.84 Å². The van der Waals surface area contributed by atoms with Gasteiger partial charge in [0.25, 0.3) is 0 Å². The van der Waals surface area contributed by atoms with E-state index in [-0.39, 0.29) is 6.17 Å². The molecule has 0 unspecified atom stereocenters. The Labute approximate surface area is 137 Å². The quantitative estimate of drug-likeness (QED) is 0.885. The van der Waals surface area contributed by atoms with Crippen molar-refractivity contribution in [3.8, 4) is 11.1 Å². The largest absolute Gasteiger partial charge is 0.387 e. The summed E-state index contributed by atoms with van der Waals surface area (Å²) in [6, 6.07) is 19.0. The minimum atomic E-state index is -0.0570. The number of rotatable bonds is 6. The van der Waals surface area contributed by atoms with Crippen LogP contribution in [0.25, 0.3) is 11.1 Å². The summed E-state index contributed by atoms with van der Waals surface area (Å²) < 4.78 is 0. The lowest BCUT2D eigenvalue weighted by Gasteiger charge is -2.19. The van der Waals surface area contributed by atoms with E-state index in [0.717, 1.165) is 24.6 Å². The molecular formula is C19H23N3O. The van der Waals surface area contributed by atoms with Crippen LogP contribution < -0.4 is 5.32 Å². The number of benzene rings is 2. The van der Waals surface area contributed by atoms with Crippen LogP contribution in [-0.2, 0) is 4.84 Å². The van der Waals surface area contributed by atoms with Crippen LogP contribution >= 0.6 is 0 Å². The third kappa shape index (κ3) is 3.60. The van der Waals surface area contributed by atoms with Gasteiger partial charge in [-0.25, -0.2) is 4.99 Å². The number of hydrogen-bond donors (Lipinski definition) is 1. The van der Waals surface area contributed by atoms with Gasteiger partial charge in [0.2, 0.25) is 5.90 Å². The van der Waals surface area contributed by atoms with Gasteiger partial charge in [0, 0.05) is 6.54 Å². The second kappa shape index (κ2) is 7.40. The predicted molar refractivity (Wildman–Crippen MR) is 94.1 cm³/mol. The van der Waals surface area contributed by atoms with Crippen molar-refractivity contribution in [1.82, 2.24) is 10.4 Å². The smallest absolute Gasteiger partial charge is 0.225 e. The monoisotopic (exact) mass is 309 g/mol. The molecule has 0 spiro atoms. The van der Waals surface area contributed by atoms with Crippen LogP contribution in [0.4, 0.5) is 0 Å². The van der Waals surface area contributed by atoms with E-state index in [0.29, 0.717) is 6.54 Å². The third-order valence-corrected chi connectivity index (χ3v) is 3.92. The molecule has 3 rings (SSSR count). The molecule has 2 aromatic carbocycles. The van der Waals surface area contributed by atoms with Crippen LogP contribution in [0.5, 0.6) is 0 Å². The Hall–Kier alpha value is -2.17. The van der Waals surface area contributed by atoms with E-state index in [9.17, 15) is 0 Å². The Kier molecular flexibility index (Phi) is 5.05. The molecule has 120 valence electrons. The fourth-order valence-corrected chi connectivity index (χ4v) is 2.68. The molecule has 4 heteroatoms. The minimum absolute atomic E-state index is 0.0570. The van der Waals surface area contributed by atoms with Crippen molar-refractivity contribution in [3.63, 3.8) is 0 Å². The molecule has 0 aromatic heterocycles. The molecule has 0 saturated carbocycles. The van der Waals surface area contributed by atoms with Gasteiger partial charge in [0.1, 0.15) is 0 Å². The van der Waals surface area contributed by atoms with E-state index in [1.807, 2.05) is 11.1 Å². The fourth-order valence-electron chi connectivity index (χ4n) is 2.68. The first-order valence-corrected chi connectivity index (χ1v) is 8.19. The van der Waals surface area contributed by atoms with E-state index in [4.69, 9.17) is 9.83 Å². The van der Waals surface area contributed by atoms with Crippen molar-refractivity contribution in [3.05, 3.63) is 60.2 Å². The van der Waals surface area contributed by atoms with Crippen LogP contribution in [0.2, 0.25) is 0 Å². The van der Waals surface area contributed by atoms with Gasteiger partial charge in [0.15, 0.2) is 6.17 Å². The van der Waals surface area contributed by atoms with E-state index < -0.39 is 0 Å². The molecule has 2 aromatic rings. The minimum Gasteiger partial charge on any atom is -0.387 e. The Balaban J connectivity index is 1.79. The van der Waals surface area contributed by atoms with Crippen molar-refractivity contribution in [2.45, 2.75) is 20.0 Å². The first-order chi connectivity index (χ1) is 11.3. The highest BCUT2D eigenvalue weighted by Crippen LogP contribution is 2.29. The maximum absolute atomic E-state index is 5.82. The van der Waals surface area contributed by atoms with Crippen molar-refractivity contribution in [2.75, 3.05) is 19.6 Å². The molecule has 0 bridgehead atoms. The lowest BCUT2D eigenvalue weighted by molar-refractivity contribution is -0.0810. The number of nitrogens with one attached hydrogen (secondary N) is 1. The van der Waals surface area contributed by atoms with Gasteiger partial charge in [-0.1, -0.05) is 61.5 Å². The van der Waals surface area contributed by atoms with E-state index >= 15 is 0 Å². The third-order valence-electron chi connectivity index (χ3n) is 3.92. The number of hydrogen-bond acceptors (Lipinski definition) is 4. The zero-order valence-electron chi connectivity index (χ0n) is 13.7. The Bertz CT molecular complexity index is 652. The second-order valence-corrected chi connectivity index (χ2v) is 5.49. The van der Waals surface area contributed by atoms with Crippen molar-refractivity contribution >= 4 is 5.90 Å². The summed E-state index contributed by atoms with van der Waals surface area (Å²) in [4.78, 5) is 10.5. The zero-order chi connectivity index (χ0) is 16.1. The van der Waals surface area contributed by atoms with Crippen molar-refractivity contribution in [1.29, 1.82) is 0 Å². The lowest BCUT2D eigenvalue weighted by Crippen LogP contribution is -2.27. The fraction of sp³-hybridized carbons (Fsp3) is 0.316. The summed E-state index contributed by atoms with van der Waals surface area (Å²) in [6.07, 6.45) is -0.0570. The number of likely N-dealkylation sites (N-methyl/N-ethyl adjacent to an activating group) is 1. The number of hydroxylamine groups is 2. The standard InChI is InChI=1S/C19H23N3O/c1-3-20-14-18-21-19(22(4-2)23-18)17-12-10-16(11-13-17)15-8-6-5-7-9-15/h5-13,19-20H,3-4,14H2,1-2H3/t19-/m0/s1. The first kappa shape index (κ1) is 15.7. The molecule has 1 N–H and O–H groups in total. The maximum Gasteiger partial charge on any atom is 0.225 e. The molecular weight excluding hydrogens is 286 g/mol. The first-order valence-electron chi connectivity index (χ1n) is 8.19. The summed E-state index contributed by atoms with van der Waals surface area (Å²) >= 11 is 0. The lowest BCUT2D eigenvalue weighted by atomic mass is 10.0. The summed E-state index contributed by atoms with van der Waals surface area (Å²) in [5.74, 6) is 0.755. The summed E-state index contributed by atoms with van der Waals surface area (Å²) in [6.45, 7) is 6.53. The van der Waals surface area contributed by atoms with Gasteiger partial charge < -0.3 is 10.2 Å². The van der Waals surface area contributed by atoms with Gasteiger partial charge in [-0.05, 0) is 30.2 Å². The molecule has 1 aliphatic rings. The second-order valence-electron chi connectivity index (χ2n) is 5.49. The Morgan fingerprint density at radius 2 is 1.70 bits per heavy atom. The van der Waals surface area contributed by atoms with E-state index in [1.54, 1.807) is 0 Å². The van der Waals surface area contributed by atoms with Gasteiger partial charge in [-0.3, -0.25) is 0 Å². The molecule has 0 fully saturated rings. The SMILES string of the molecule is CCNCC1=N[C@H](c2ccc(-c3ccccc3)cc2)N(CC)O1. The topological polar surface area (TPSA) is 36.9 Å². The van der Waals surface area contributed by atoms with E-state index in [1.165, 1.54) is 11.1 Å². The molecule has 23 heavy (non-hydrogen) atoms. The molecule has 1 heterocycles. The molecule has 1 atom stereocenters. The zero-order valence-corrected chi connectivity index (χ0v) is 13.7. The van der Waals surface area contributed by atoms with E-state index in [2.05, 4.69) is 67.7 Å². The summed E-state index contributed by atoms with van der Waals surface area (Å²) in [7, 11) is 0. The molecule has 4 nitrogen and oxygen atoms in total. The highest BCUT2D eigenvalue weighted by Gasteiger charge is 2.28. The van der Waals surface area contributed by atoms with Gasteiger partial charge in [-0.15, -0.1) is 5.06 Å². The van der Waals surface area contributed by atoms with Crippen molar-refractivity contribution in [2.24, 2.45) is 4.99 Å². The van der Waals surface area contributed by atoms with Crippen LogP contribution in [0.1, 0.15) is 25.6 Å². The van der Waals surface area contributed by atoms with Gasteiger partial charge in [-0.2, -0.15) is 0 Å². The molecule has 0 saturated heterocycles. The van der Waals surface area contributed by atoms with Gasteiger partial charge in [0.05, 0.1) is 6.54 Å².